The van der Waals surface area contributed by atoms with E-state index in [9.17, 15) is 4.79 Å². The molecule has 3 nitrogen and oxygen atoms in total. The quantitative estimate of drug-likeness (QED) is 0.756. The smallest absolute Gasteiger partial charge is 0.313 e. The molecule has 3 heteroatoms. The van der Waals surface area contributed by atoms with Crippen molar-refractivity contribution in [2.24, 2.45) is 23.0 Å². The summed E-state index contributed by atoms with van der Waals surface area (Å²) in [5.41, 5.74) is 5.00. The fraction of sp³-hybridized carbons (Fsp3) is 0.929. The van der Waals surface area contributed by atoms with Crippen molar-refractivity contribution in [1.29, 1.82) is 0 Å². The highest BCUT2D eigenvalue weighted by Gasteiger charge is 2.45. The average Bonchev–Trinajstić information content (AvgIpc) is 2.13. The van der Waals surface area contributed by atoms with E-state index in [0.717, 1.165) is 12.8 Å². The zero-order valence-electron chi connectivity index (χ0n) is 11.9. The van der Waals surface area contributed by atoms with Crippen LogP contribution in [0.2, 0.25) is 0 Å². The summed E-state index contributed by atoms with van der Waals surface area (Å²) >= 11 is 0. The molecular weight excluding hydrogens is 214 g/mol. The van der Waals surface area contributed by atoms with Crippen molar-refractivity contribution in [2.45, 2.75) is 59.5 Å². The number of hydrogen-bond donors (Lipinski definition) is 1. The summed E-state index contributed by atoms with van der Waals surface area (Å²) in [5, 5.41) is 0. The van der Waals surface area contributed by atoms with Crippen LogP contribution in [0.5, 0.6) is 0 Å². The largest absolute Gasteiger partial charge is 0.460 e. The lowest BCUT2D eigenvalue weighted by atomic mass is 9.66. The van der Waals surface area contributed by atoms with Gasteiger partial charge in [0.2, 0.25) is 0 Å². The standard InChI is InChI=1S/C14H27NO2/c1-10-6-11(2)8-14(7-10,9-15)12(16)17-13(3,4)5/h10-11H,6-9,15H2,1-5H3. The van der Waals surface area contributed by atoms with E-state index in [2.05, 4.69) is 13.8 Å². The maximum absolute atomic E-state index is 12.4. The first-order valence-electron chi connectivity index (χ1n) is 6.62. The normalized spacial score (nSPS) is 34.5. The van der Waals surface area contributed by atoms with Crippen molar-refractivity contribution in [2.75, 3.05) is 6.54 Å². The van der Waals surface area contributed by atoms with Gasteiger partial charge in [0, 0.05) is 6.54 Å². The van der Waals surface area contributed by atoms with Crippen molar-refractivity contribution < 1.29 is 9.53 Å². The molecule has 1 rings (SSSR count). The van der Waals surface area contributed by atoms with Crippen LogP contribution in [0.4, 0.5) is 0 Å². The Kier molecular flexibility index (Phi) is 4.23. The lowest BCUT2D eigenvalue weighted by Crippen LogP contribution is -2.47. The first-order chi connectivity index (χ1) is 7.68. The molecule has 100 valence electrons. The van der Waals surface area contributed by atoms with Gasteiger partial charge >= 0.3 is 5.97 Å². The molecule has 17 heavy (non-hydrogen) atoms. The van der Waals surface area contributed by atoms with Gasteiger partial charge in [0.05, 0.1) is 5.41 Å². The van der Waals surface area contributed by atoms with Crippen molar-refractivity contribution in [1.82, 2.24) is 0 Å². The number of ether oxygens (including phenoxy) is 1. The van der Waals surface area contributed by atoms with E-state index in [1.807, 2.05) is 20.8 Å². The van der Waals surface area contributed by atoms with Gasteiger partial charge in [-0.25, -0.2) is 0 Å². The number of hydrogen-bond acceptors (Lipinski definition) is 3. The maximum atomic E-state index is 12.4. The third-order valence-corrected chi connectivity index (χ3v) is 3.51. The lowest BCUT2D eigenvalue weighted by Gasteiger charge is -2.41. The van der Waals surface area contributed by atoms with E-state index < -0.39 is 11.0 Å². The molecule has 1 fully saturated rings. The molecule has 0 spiro atoms. The van der Waals surface area contributed by atoms with E-state index in [4.69, 9.17) is 10.5 Å². The lowest BCUT2D eigenvalue weighted by molar-refractivity contribution is -0.171. The van der Waals surface area contributed by atoms with Gasteiger partial charge in [-0.3, -0.25) is 4.79 Å². The molecular formula is C14H27NO2. The van der Waals surface area contributed by atoms with Crippen molar-refractivity contribution in [3.8, 4) is 0 Å². The van der Waals surface area contributed by atoms with E-state index >= 15 is 0 Å². The molecule has 0 aromatic carbocycles. The number of esters is 1. The zero-order valence-corrected chi connectivity index (χ0v) is 11.9. The minimum absolute atomic E-state index is 0.106. The first kappa shape index (κ1) is 14.5. The summed E-state index contributed by atoms with van der Waals surface area (Å²) in [6.45, 7) is 10.5. The molecule has 1 saturated carbocycles. The van der Waals surface area contributed by atoms with Crippen LogP contribution in [0.15, 0.2) is 0 Å². The van der Waals surface area contributed by atoms with Gasteiger partial charge in [-0.05, 0) is 51.9 Å². The second-order valence-electron chi connectivity index (χ2n) is 6.84. The fourth-order valence-corrected chi connectivity index (χ4v) is 3.07. The molecule has 0 bridgehead atoms. The van der Waals surface area contributed by atoms with Crippen LogP contribution in [0, 0.1) is 17.3 Å². The topological polar surface area (TPSA) is 52.3 Å². The van der Waals surface area contributed by atoms with Crippen molar-refractivity contribution in [3.05, 3.63) is 0 Å². The molecule has 0 aromatic rings. The monoisotopic (exact) mass is 241 g/mol. The molecule has 0 heterocycles. The van der Waals surface area contributed by atoms with Gasteiger partial charge in [-0.1, -0.05) is 13.8 Å². The van der Waals surface area contributed by atoms with Crippen molar-refractivity contribution >= 4 is 5.97 Å². The van der Waals surface area contributed by atoms with Crippen LogP contribution in [-0.4, -0.2) is 18.1 Å². The highest BCUT2D eigenvalue weighted by atomic mass is 16.6. The number of nitrogens with two attached hydrogens (primary N) is 1. The Morgan fingerprint density at radius 3 is 2.12 bits per heavy atom. The Morgan fingerprint density at radius 2 is 1.76 bits per heavy atom. The third-order valence-electron chi connectivity index (χ3n) is 3.51. The van der Waals surface area contributed by atoms with Crippen molar-refractivity contribution in [3.63, 3.8) is 0 Å². The van der Waals surface area contributed by atoms with E-state index in [0.29, 0.717) is 18.4 Å². The van der Waals surface area contributed by atoms with Crippen LogP contribution in [0.3, 0.4) is 0 Å². The molecule has 0 radical (unpaired) electrons. The second kappa shape index (κ2) is 4.97. The number of carbonyl (C=O) groups is 1. The molecule has 0 amide bonds. The van der Waals surface area contributed by atoms with E-state index in [1.165, 1.54) is 6.42 Å². The predicted octanol–water partition coefficient (Wildman–Crippen LogP) is 2.73. The number of rotatable bonds is 2. The first-order valence-corrected chi connectivity index (χ1v) is 6.62. The van der Waals surface area contributed by atoms with Gasteiger partial charge in [-0.15, -0.1) is 0 Å². The van der Waals surface area contributed by atoms with E-state index in [1.54, 1.807) is 0 Å². The van der Waals surface area contributed by atoms with Gasteiger partial charge in [0.15, 0.2) is 0 Å². The number of carbonyl (C=O) groups excluding carboxylic acids is 1. The molecule has 2 unspecified atom stereocenters. The summed E-state index contributed by atoms with van der Waals surface area (Å²) < 4.78 is 5.55. The molecule has 2 atom stereocenters. The minimum Gasteiger partial charge on any atom is -0.460 e. The summed E-state index contributed by atoms with van der Waals surface area (Å²) in [7, 11) is 0. The van der Waals surface area contributed by atoms with Gasteiger partial charge in [0.1, 0.15) is 5.60 Å². The Hall–Kier alpha value is -0.570. The van der Waals surface area contributed by atoms with Gasteiger partial charge < -0.3 is 10.5 Å². The minimum atomic E-state index is -0.454. The van der Waals surface area contributed by atoms with Crippen LogP contribution < -0.4 is 5.73 Å². The SMILES string of the molecule is CC1CC(C)CC(CN)(C(=O)OC(C)(C)C)C1. The predicted molar refractivity (Wildman–Crippen MR) is 69.5 cm³/mol. The Morgan fingerprint density at radius 1 is 1.29 bits per heavy atom. The molecule has 0 saturated heterocycles. The Balaban J connectivity index is 2.84. The summed E-state index contributed by atoms with van der Waals surface area (Å²) in [4.78, 5) is 12.4. The maximum Gasteiger partial charge on any atom is 0.313 e. The molecule has 1 aliphatic carbocycles. The average molecular weight is 241 g/mol. The molecule has 2 N–H and O–H groups in total. The summed E-state index contributed by atoms with van der Waals surface area (Å²) in [6.07, 6.45) is 2.91. The highest BCUT2D eigenvalue weighted by Crippen LogP contribution is 2.43. The second-order valence-corrected chi connectivity index (χ2v) is 6.84. The molecule has 0 aromatic heterocycles. The van der Waals surface area contributed by atoms with Gasteiger partial charge in [-0.2, -0.15) is 0 Å². The Bertz CT molecular complexity index is 270. The Labute approximate surface area is 105 Å². The summed E-state index contributed by atoms with van der Waals surface area (Å²) in [6, 6.07) is 0. The third kappa shape index (κ3) is 3.70. The highest BCUT2D eigenvalue weighted by molar-refractivity contribution is 5.77. The van der Waals surface area contributed by atoms with Gasteiger partial charge in [0.25, 0.3) is 0 Å². The molecule has 0 aliphatic heterocycles. The van der Waals surface area contributed by atoms with Crippen LogP contribution in [0.1, 0.15) is 53.9 Å². The van der Waals surface area contributed by atoms with Crippen LogP contribution in [0.25, 0.3) is 0 Å². The zero-order chi connectivity index (χ0) is 13.3. The van der Waals surface area contributed by atoms with Crippen LogP contribution in [-0.2, 0) is 9.53 Å². The molecule has 1 aliphatic rings. The van der Waals surface area contributed by atoms with E-state index in [-0.39, 0.29) is 5.97 Å². The summed E-state index contributed by atoms with van der Waals surface area (Å²) in [5.74, 6) is 0.996. The fourth-order valence-electron chi connectivity index (χ4n) is 3.07. The van der Waals surface area contributed by atoms with Crippen LogP contribution >= 0.6 is 0 Å².